The molecular weight excluding hydrogens is 280 g/mol. The Morgan fingerprint density at radius 3 is 3.05 bits per heavy atom. The first-order chi connectivity index (χ1) is 10.6. The number of nitrogens with two attached hydrogens (primary N) is 1. The lowest BCUT2D eigenvalue weighted by molar-refractivity contribution is 0.1000. The van der Waals surface area contributed by atoms with E-state index in [9.17, 15) is 4.79 Å². The van der Waals surface area contributed by atoms with Gasteiger partial charge in [0.15, 0.2) is 5.82 Å². The number of carbonyl (C=O) groups excluding carboxylic acids is 1. The van der Waals surface area contributed by atoms with E-state index in [4.69, 9.17) is 10.3 Å². The van der Waals surface area contributed by atoms with Crippen LogP contribution in [0.15, 0.2) is 28.8 Å². The van der Waals surface area contributed by atoms with E-state index < -0.39 is 5.91 Å². The van der Waals surface area contributed by atoms with Crippen LogP contribution in [0.1, 0.15) is 34.6 Å². The van der Waals surface area contributed by atoms with E-state index in [0.717, 1.165) is 25.1 Å². The predicted molar refractivity (Wildman–Crippen MR) is 81.3 cm³/mol. The summed E-state index contributed by atoms with van der Waals surface area (Å²) in [5.41, 5.74) is 6.73. The second-order valence-corrected chi connectivity index (χ2v) is 5.95. The van der Waals surface area contributed by atoms with Gasteiger partial charge in [-0.3, -0.25) is 4.79 Å². The molecule has 6 nitrogen and oxygen atoms in total. The van der Waals surface area contributed by atoms with Crippen LogP contribution in [0.3, 0.4) is 0 Å². The number of nitrogens with zero attached hydrogens (tertiary/aromatic N) is 2. The molecule has 3 rings (SSSR count). The van der Waals surface area contributed by atoms with Crippen molar-refractivity contribution in [1.29, 1.82) is 0 Å². The summed E-state index contributed by atoms with van der Waals surface area (Å²) in [4.78, 5) is 15.7. The lowest BCUT2D eigenvalue weighted by Crippen LogP contribution is -2.13. The summed E-state index contributed by atoms with van der Waals surface area (Å²) in [5, 5.41) is 7.40. The Hall–Kier alpha value is -2.21. The van der Waals surface area contributed by atoms with Crippen molar-refractivity contribution < 1.29 is 9.32 Å². The Kier molecular flexibility index (Phi) is 4.20. The predicted octanol–water partition coefficient (Wildman–Crippen LogP) is 1.16. The van der Waals surface area contributed by atoms with E-state index in [1.165, 1.54) is 0 Å². The number of hydrogen-bond acceptors (Lipinski definition) is 5. The molecule has 2 heterocycles. The first kappa shape index (κ1) is 14.7. The number of nitrogens with one attached hydrogen (secondary N) is 1. The Morgan fingerprint density at radius 2 is 2.32 bits per heavy atom. The first-order valence-electron chi connectivity index (χ1n) is 7.52. The molecule has 0 spiro atoms. The van der Waals surface area contributed by atoms with E-state index in [2.05, 4.69) is 22.4 Å². The first-order valence-corrected chi connectivity index (χ1v) is 7.52. The highest BCUT2D eigenvalue weighted by Gasteiger charge is 2.25. The standard InChI is InChI=1S/C16H20N4O2/c1-10-8-18-9-13(10)7-15-19-14(20-22-15)6-11-3-2-4-12(5-11)16(17)21/h2-5,10,13,18H,6-9H2,1H3,(H2,17,21)/t10-,13-/m1/s1. The minimum Gasteiger partial charge on any atom is -0.366 e. The number of carbonyl (C=O) groups is 1. The molecule has 3 N–H and O–H groups in total. The number of benzene rings is 1. The average Bonchev–Trinajstić information content (AvgIpc) is 3.10. The van der Waals surface area contributed by atoms with Crippen LogP contribution in [-0.2, 0) is 12.8 Å². The van der Waals surface area contributed by atoms with Crippen molar-refractivity contribution >= 4 is 5.91 Å². The molecule has 0 unspecified atom stereocenters. The molecule has 0 aliphatic carbocycles. The molecule has 116 valence electrons. The minimum atomic E-state index is -0.432. The minimum absolute atomic E-state index is 0.432. The van der Waals surface area contributed by atoms with Gasteiger partial charge in [0, 0.05) is 18.4 Å². The quantitative estimate of drug-likeness (QED) is 0.864. The fraction of sp³-hybridized carbons (Fsp3) is 0.438. The van der Waals surface area contributed by atoms with Crippen LogP contribution in [0.5, 0.6) is 0 Å². The third-order valence-electron chi connectivity index (χ3n) is 4.20. The number of aromatic nitrogens is 2. The second kappa shape index (κ2) is 6.27. The normalized spacial score (nSPS) is 21.1. The summed E-state index contributed by atoms with van der Waals surface area (Å²) < 4.78 is 5.34. The van der Waals surface area contributed by atoms with Gasteiger partial charge in [0.1, 0.15) is 0 Å². The molecular formula is C16H20N4O2. The van der Waals surface area contributed by atoms with Gasteiger partial charge in [0.05, 0.1) is 0 Å². The van der Waals surface area contributed by atoms with Crippen molar-refractivity contribution in [3.8, 4) is 0 Å². The van der Waals surface area contributed by atoms with Gasteiger partial charge < -0.3 is 15.6 Å². The highest BCUT2D eigenvalue weighted by molar-refractivity contribution is 5.92. The van der Waals surface area contributed by atoms with Crippen LogP contribution >= 0.6 is 0 Å². The molecule has 1 saturated heterocycles. The van der Waals surface area contributed by atoms with Gasteiger partial charge in [0.25, 0.3) is 0 Å². The van der Waals surface area contributed by atoms with E-state index >= 15 is 0 Å². The number of primary amides is 1. The van der Waals surface area contributed by atoms with Crippen molar-refractivity contribution in [2.45, 2.75) is 19.8 Å². The SMILES string of the molecule is C[C@@H]1CNC[C@H]1Cc1nc(Cc2cccc(C(N)=O)c2)no1. The monoisotopic (exact) mass is 300 g/mol. The zero-order valence-electron chi connectivity index (χ0n) is 12.6. The molecule has 1 aromatic carbocycles. The van der Waals surface area contributed by atoms with Gasteiger partial charge in [-0.15, -0.1) is 0 Å². The molecule has 0 radical (unpaired) electrons. The summed E-state index contributed by atoms with van der Waals surface area (Å²) in [6.07, 6.45) is 1.34. The maximum atomic E-state index is 11.2. The molecule has 1 fully saturated rings. The van der Waals surface area contributed by atoms with Crippen LogP contribution in [0.2, 0.25) is 0 Å². The molecule has 1 aromatic heterocycles. The summed E-state index contributed by atoms with van der Waals surface area (Å²) in [6, 6.07) is 7.19. The summed E-state index contributed by atoms with van der Waals surface area (Å²) in [5.74, 6) is 2.06. The second-order valence-electron chi connectivity index (χ2n) is 5.95. The van der Waals surface area contributed by atoms with Crippen molar-refractivity contribution in [3.05, 3.63) is 47.1 Å². The van der Waals surface area contributed by atoms with Crippen LogP contribution in [-0.4, -0.2) is 29.1 Å². The summed E-state index contributed by atoms with van der Waals surface area (Å²) in [6.45, 7) is 4.28. The number of rotatable bonds is 5. The zero-order valence-corrected chi connectivity index (χ0v) is 12.6. The fourth-order valence-corrected chi connectivity index (χ4v) is 2.82. The third-order valence-corrected chi connectivity index (χ3v) is 4.20. The highest BCUT2D eigenvalue weighted by atomic mass is 16.5. The molecule has 1 aliphatic rings. The summed E-state index contributed by atoms with van der Waals surface area (Å²) in [7, 11) is 0. The topological polar surface area (TPSA) is 94.0 Å². The van der Waals surface area contributed by atoms with E-state index in [-0.39, 0.29) is 0 Å². The molecule has 0 bridgehead atoms. The van der Waals surface area contributed by atoms with E-state index in [0.29, 0.717) is 35.5 Å². The summed E-state index contributed by atoms with van der Waals surface area (Å²) >= 11 is 0. The van der Waals surface area contributed by atoms with Gasteiger partial charge in [-0.25, -0.2) is 0 Å². The van der Waals surface area contributed by atoms with Crippen LogP contribution in [0.25, 0.3) is 0 Å². The van der Waals surface area contributed by atoms with Gasteiger partial charge in [-0.05, 0) is 42.6 Å². The Morgan fingerprint density at radius 1 is 1.45 bits per heavy atom. The molecule has 2 aromatic rings. The van der Waals surface area contributed by atoms with Crippen LogP contribution < -0.4 is 11.1 Å². The van der Waals surface area contributed by atoms with Gasteiger partial charge in [-0.1, -0.05) is 24.2 Å². The van der Waals surface area contributed by atoms with Gasteiger partial charge in [-0.2, -0.15) is 4.98 Å². The van der Waals surface area contributed by atoms with Crippen molar-refractivity contribution in [3.63, 3.8) is 0 Å². The van der Waals surface area contributed by atoms with E-state index in [1.54, 1.807) is 12.1 Å². The van der Waals surface area contributed by atoms with Crippen molar-refractivity contribution in [2.75, 3.05) is 13.1 Å². The molecule has 22 heavy (non-hydrogen) atoms. The number of hydrogen-bond donors (Lipinski definition) is 2. The average molecular weight is 300 g/mol. The van der Waals surface area contributed by atoms with Crippen LogP contribution in [0.4, 0.5) is 0 Å². The molecule has 6 heteroatoms. The van der Waals surface area contributed by atoms with E-state index in [1.807, 2.05) is 12.1 Å². The molecule has 1 amide bonds. The van der Waals surface area contributed by atoms with Gasteiger partial charge in [0.2, 0.25) is 11.8 Å². The lowest BCUT2D eigenvalue weighted by Gasteiger charge is -2.10. The van der Waals surface area contributed by atoms with Crippen molar-refractivity contribution in [1.82, 2.24) is 15.5 Å². The Bertz CT molecular complexity index is 668. The maximum absolute atomic E-state index is 11.2. The van der Waals surface area contributed by atoms with Crippen LogP contribution in [0, 0.1) is 11.8 Å². The lowest BCUT2D eigenvalue weighted by atomic mass is 9.95. The maximum Gasteiger partial charge on any atom is 0.248 e. The largest absolute Gasteiger partial charge is 0.366 e. The number of amides is 1. The van der Waals surface area contributed by atoms with Gasteiger partial charge >= 0.3 is 0 Å². The highest BCUT2D eigenvalue weighted by Crippen LogP contribution is 2.20. The Balaban J connectivity index is 1.66. The zero-order chi connectivity index (χ0) is 15.5. The molecule has 0 saturated carbocycles. The smallest absolute Gasteiger partial charge is 0.248 e. The van der Waals surface area contributed by atoms with Crippen molar-refractivity contribution in [2.24, 2.45) is 17.6 Å². The Labute approximate surface area is 129 Å². The molecule has 1 aliphatic heterocycles. The fourth-order valence-electron chi connectivity index (χ4n) is 2.82. The molecule has 2 atom stereocenters. The third kappa shape index (κ3) is 3.33.